The molecule has 0 bridgehead atoms. The molecule has 0 amide bonds. The maximum Gasteiger partial charge on any atom is 0.129 e. The lowest BCUT2D eigenvalue weighted by Crippen LogP contribution is -2.43. The SMILES string of the molecule is Cc1nocc1C(O)C1(N)CCCC1. The van der Waals surface area contributed by atoms with Crippen molar-refractivity contribution in [2.24, 2.45) is 5.73 Å². The number of hydrogen-bond donors (Lipinski definition) is 2. The van der Waals surface area contributed by atoms with Gasteiger partial charge in [0.05, 0.1) is 5.69 Å². The highest BCUT2D eigenvalue weighted by molar-refractivity contribution is 5.21. The van der Waals surface area contributed by atoms with E-state index >= 15 is 0 Å². The van der Waals surface area contributed by atoms with Crippen LogP contribution in [-0.4, -0.2) is 15.8 Å². The number of aliphatic hydroxyl groups excluding tert-OH is 1. The van der Waals surface area contributed by atoms with E-state index in [1.54, 1.807) is 0 Å². The van der Waals surface area contributed by atoms with Crippen LogP contribution in [0.1, 0.15) is 43.0 Å². The van der Waals surface area contributed by atoms with Crippen molar-refractivity contribution in [3.63, 3.8) is 0 Å². The predicted octanol–water partition coefficient (Wildman–Crippen LogP) is 1.29. The van der Waals surface area contributed by atoms with Crippen LogP contribution in [0.2, 0.25) is 0 Å². The first-order chi connectivity index (χ1) is 6.63. The minimum atomic E-state index is -0.642. The number of hydrogen-bond acceptors (Lipinski definition) is 4. The van der Waals surface area contributed by atoms with Gasteiger partial charge in [0.1, 0.15) is 12.4 Å². The van der Waals surface area contributed by atoms with Gasteiger partial charge in [0.15, 0.2) is 0 Å². The molecule has 2 rings (SSSR count). The first kappa shape index (κ1) is 9.68. The molecule has 0 spiro atoms. The largest absolute Gasteiger partial charge is 0.386 e. The molecule has 4 nitrogen and oxygen atoms in total. The summed E-state index contributed by atoms with van der Waals surface area (Å²) >= 11 is 0. The molecule has 3 N–H and O–H groups in total. The van der Waals surface area contributed by atoms with Gasteiger partial charge in [-0.05, 0) is 19.8 Å². The van der Waals surface area contributed by atoms with E-state index in [9.17, 15) is 5.11 Å². The topological polar surface area (TPSA) is 72.3 Å². The third-order valence-corrected chi connectivity index (χ3v) is 3.16. The van der Waals surface area contributed by atoms with E-state index < -0.39 is 11.6 Å². The summed E-state index contributed by atoms with van der Waals surface area (Å²) in [4.78, 5) is 0. The minimum absolute atomic E-state index is 0.476. The molecule has 0 radical (unpaired) electrons. The van der Waals surface area contributed by atoms with Crippen LogP contribution in [0.5, 0.6) is 0 Å². The first-order valence-corrected chi connectivity index (χ1v) is 5.01. The standard InChI is InChI=1S/C10H16N2O2/c1-7-8(6-14-12-7)9(13)10(11)4-2-3-5-10/h6,9,13H,2-5,11H2,1H3. The van der Waals surface area contributed by atoms with Crippen molar-refractivity contribution in [2.45, 2.75) is 44.2 Å². The van der Waals surface area contributed by atoms with Crippen LogP contribution in [0.25, 0.3) is 0 Å². The number of aromatic nitrogens is 1. The fraction of sp³-hybridized carbons (Fsp3) is 0.700. The summed E-state index contributed by atoms with van der Waals surface area (Å²) in [5.74, 6) is 0. The molecule has 78 valence electrons. The van der Waals surface area contributed by atoms with Crippen molar-refractivity contribution in [1.82, 2.24) is 5.16 Å². The average molecular weight is 196 g/mol. The Balaban J connectivity index is 2.23. The van der Waals surface area contributed by atoms with E-state index in [1.807, 2.05) is 6.92 Å². The molecule has 1 aliphatic carbocycles. The molecular formula is C10H16N2O2. The van der Waals surface area contributed by atoms with E-state index in [-0.39, 0.29) is 0 Å². The van der Waals surface area contributed by atoms with Crippen molar-refractivity contribution in [1.29, 1.82) is 0 Å². The number of nitrogens with two attached hydrogens (primary N) is 1. The van der Waals surface area contributed by atoms with Gasteiger partial charge in [-0.25, -0.2) is 0 Å². The van der Waals surface area contributed by atoms with E-state index in [1.165, 1.54) is 6.26 Å². The predicted molar refractivity (Wildman–Crippen MR) is 51.6 cm³/mol. The Labute approximate surface area is 83.1 Å². The smallest absolute Gasteiger partial charge is 0.129 e. The highest BCUT2D eigenvalue weighted by Gasteiger charge is 2.38. The Hall–Kier alpha value is -0.870. The summed E-state index contributed by atoms with van der Waals surface area (Å²) in [6.45, 7) is 1.82. The Bertz CT molecular complexity index is 316. The molecule has 1 saturated carbocycles. The Kier molecular flexibility index (Phi) is 2.33. The second-order valence-electron chi connectivity index (χ2n) is 4.20. The van der Waals surface area contributed by atoms with Crippen LogP contribution in [0, 0.1) is 6.92 Å². The van der Waals surface area contributed by atoms with Crippen LogP contribution < -0.4 is 5.73 Å². The zero-order chi connectivity index (χ0) is 10.2. The van der Waals surface area contributed by atoms with E-state index in [0.29, 0.717) is 0 Å². The summed E-state index contributed by atoms with van der Waals surface area (Å²) in [6.07, 6.45) is 4.79. The Morgan fingerprint density at radius 3 is 2.71 bits per heavy atom. The number of aliphatic hydroxyl groups is 1. The fourth-order valence-electron chi connectivity index (χ4n) is 2.18. The average Bonchev–Trinajstić information content (AvgIpc) is 2.74. The molecule has 1 atom stereocenters. The minimum Gasteiger partial charge on any atom is -0.386 e. The highest BCUT2D eigenvalue weighted by Crippen LogP contribution is 2.38. The van der Waals surface area contributed by atoms with E-state index in [2.05, 4.69) is 5.16 Å². The summed E-state index contributed by atoms with van der Waals surface area (Å²) in [7, 11) is 0. The van der Waals surface area contributed by atoms with E-state index in [0.717, 1.165) is 36.9 Å². The highest BCUT2D eigenvalue weighted by atomic mass is 16.5. The summed E-state index contributed by atoms with van der Waals surface area (Å²) < 4.78 is 4.81. The van der Waals surface area contributed by atoms with Crippen LogP contribution in [0.4, 0.5) is 0 Å². The van der Waals surface area contributed by atoms with E-state index in [4.69, 9.17) is 10.3 Å². The summed E-state index contributed by atoms with van der Waals surface area (Å²) in [6, 6.07) is 0. The van der Waals surface area contributed by atoms with Gasteiger partial charge < -0.3 is 15.4 Å². The van der Waals surface area contributed by atoms with Gasteiger partial charge in [-0.3, -0.25) is 0 Å². The molecule has 1 unspecified atom stereocenters. The third kappa shape index (κ3) is 1.44. The molecule has 1 aromatic heterocycles. The molecule has 14 heavy (non-hydrogen) atoms. The molecule has 4 heteroatoms. The van der Waals surface area contributed by atoms with Crippen LogP contribution >= 0.6 is 0 Å². The van der Waals surface area contributed by atoms with Gasteiger partial charge in [-0.1, -0.05) is 18.0 Å². The molecule has 0 aromatic carbocycles. The molecule has 1 aromatic rings. The van der Waals surface area contributed by atoms with Crippen molar-refractivity contribution in [3.05, 3.63) is 17.5 Å². The molecular weight excluding hydrogens is 180 g/mol. The third-order valence-electron chi connectivity index (χ3n) is 3.16. The maximum absolute atomic E-state index is 10.1. The second-order valence-corrected chi connectivity index (χ2v) is 4.20. The number of nitrogens with zero attached hydrogens (tertiary/aromatic N) is 1. The van der Waals surface area contributed by atoms with Gasteiger partial charge in [-0.15, -0.1) is 0 Å². The molecule has 1 aliphatic rings. The molecule has 0 saturated heterocycles. The summed E-state index contributed by atoms with van der Waals surface area (Å²) in [5.41, 5.74) is 7.13. The lowest BCUT2D eigenvalue weighted by Gasteiger charge is -2.29. The Morgan fingerprint density at radius 2 is 2.21 bits per heavy atom. The normalized spacial score (nSPS) is 22.5. The second kappa shape index (κ2) is 3.37. The zero-order valence-corrected chi connectivity index (χ0v) is 8.36. The van der Waals surface area contributed by atoms with Crippen LogP contribution in [0.15, 0.2) is 10.8 Å². The maximum atomic E-state index is 10.1. The zero-order valence-electron chi connectivity index (χ0n) is 8.36. The molecule has 1 heterocycles. The van der Waals surface area contributed by atoms with Gasteiger partial charge in [0, 0.05) is 11.1 Å². The van der Waals surface area contributed by atoms with Gasteiger partial charge in [0.2, 0.25) is 0 Å². The summed E-state index contributed by atoms with van der Waals surface area (Å²) in [5, 5.41) is 13.9. The van der Waals surface area contributed by atoms with Crippen LogP contribution in [-0.2, 0) is 0 Å². The Morgan fingerprint density at radius 1 is 1.57 bits per heavy atom. The lowest BCUT2D eigenvalue weighted by atomic mass is 9.87. The quantitative estimate of drug-likeness (QED) is 0.747. The van der Waals surface area contributed by atoms with Crippen molar-refractivity contribution in [3.8, 4) is 0 Å². The van der Waals surface area contributed by atoms with Crippen molar-refractivity contribution < 1.29 is 9.63 Å². The number of aryl methyl sites for hydroxylation is 1. The lowest BCUT2D eigenvalue weighted by molar-refractivity contribution is 0.0861. The van der Waals surface area contributed by atoms with Gasteiger partial charge >= 0.3 is 0 Å². The fourth-order valence-corrected chi connectivity index (χ4v) is 2.18. The molecule has 1 fully saturated rings. The van der Waals surface area contributed by atoms with Crippen LogP contribution in [0.3, 0.4) is 0 Å². The number of rotatable bonds is 2. The van der Waals surface area contributed by atoms with Crippen molar-refractivity contribution in [2.75, 3.05) is 0 Å². The van der Waals surface area contributed by atoms with Crippen molar-refractivity contribution >= 4 is 0 Å². The first-order valence-electron chi connectivity index (χ1n) is 5.01. The van der Waals surface area contributed by atoms with Gasteiger partial charge in [-0.2, -0.15) is 0 Å². The molecule has 0 aliphatic heterocycles. The van der Waals surface area contributed by atoms with Gasteiger partial charge in [0.25, 0.3) is 0 Å². The monoisotopic (exact) mass is 196 g/mol.